The quantitative estimate of drug-likeness (QED) is 0.644. The van der Waals surface area contributed by atoms with Crippen molar-refractivity contribution in [1.29, 1.82) is 0 Å². The molecule has 1 N–H and O–H groups in total. The summed E-state index contributed by atoms with van der Waals surface area (Å²) in [5.74, 6) is 3.09. The second-order valence-electron chi connectivity index (χ2n) is 4.70. The Bertz CT molecular complexity index is 176. The minimum atomic E-state index is 0.994. The van der Waals surface area contributed by atoms with Crippen molar-refractivity contribution < 1.29 is 0 Å². The van der Waals surface area contributed by atoms with Crippen LogP contribution in [0.4, 0.5) is 0 Å². The van der Waals surface area contributed by atoms with E-state index in [-0.39, 0.29) is 0 Å². The van der Waals surface area contributed by atoms with Gasteiger partial charge in [-0.25, -0.2) is 0 Å². The molecule has 0 aromatic rings. The number of hydrogen-bond acceptors (Lipinski definition) is 2. The van der Waals surface area contributed by atoms with Gasteiger partial charge >= 0.3 is 0 Å². The molecule has 2 nitrogen and oxygen atoms in total. The predicted molar refractivity (Wildman–Crippen MR) is 49.0 cm³/mol. The zero-order valence-corrected chi connectivity index (χ0v) is 7.79. The van der Waals surface area contributed by atoms with Crippen LogP contribution in [0.1, 0.15) is 13.3 Å². The largest absolute Gasteiger partial charge is 0.316 e. The van der Waals surface area contributed by atoms with Crippen LogP contribution in [0, 0.1) is 17.8 Å². The number of nitrogens with zero attached hydrogens (tertiary/aromatic N) is 1. The molecular weight excluding hydrogens is 148 g/mol. The third-order valence-electron chi connectivity index (χ3n) is 4.03. The summed E-state index contributed by atoms with van der Waals surface area (Å²) in [5, 5.41) is 3.45. The molecule has 0 bridgehead atoms. The first-order valence-corrected chi connectivity index (χ1v) is 5.35. The number of rotatable bonds is 2. The van der Waals surface area contributed by atoms with Gasteiger partial charge in [0.15, 0.2) is 0 Å². The van der Waals surface area contributed by atoms with Gasteiger partial charge < -0.3 is 5.32 Å². The molecule has 0 aromatic heterocycles. The lowest BCUT2D eigenvalue weighted by Crippen LogP contribution is -2.49. The number of piperidine rings is 1. The molecule has 3 aliphatic rings. The first-order chi connectivity index (χ1) is 5.90. The van der Waals surface area contributed by atoms with Crippen LogP contribution in [-0.4, -0.2) is 37.1 Å². The smallest absolute Gasteiger partial charge is 0.0184 e. The summed E-state index contributed by atoms with van der Waals surface area (Å²) < 4.78 is 0. The van der Waals surface area contributed by atoms with Crippen LogP contribution in [0.5, 0.6) is 0 Å². The Morgan fingerprint density at radius 3 is 2.50 bits per heavy atom. The first kappa shape index (κ1) is 7.34. The van der Waals surface area contributed by atoms with Gasteiger partial charge in [0.2, 0.25) is 0 Å². The molecule has 0 amide bonds. The maximum absolute atomic E-state index is 3.45. The third-order valence-corrected chi connectivity index (χ3v) is 4.03. The van der Waals surface area contributed by atoms with Crippen LogP contribution in [0.3, 0.4) is 0 Å². The molecule has 2 unspecified atom stereocenters. The van der Waals surface area contributed by atoms with Gasteiger partial charge in [-0.05, 0) is 30.8 Å². The van der Waals surface area contributed by atoms with Crippen molar-refractivity contribution in [3.8, 4) is 0 Å². The molecule has 0 aromatic carbocycles. The van der Waals surface area contributed by atoms with E-state index in [9.17, 15) is 0 Å². The molecule has 2 heterocycles. The van der Waals surface area contributed by atoms with E-state index < -0.39 is 0 Å². The Morgan fingerprint density at radius 2 is 1.92 bits per heavy atom. The lowest BCUT2D eigenvalue weighted by molar-refractivity contribution is 0.0765. The number of nitrogens with one attached hydrogen (secondary N) is 1. The lowest BCUT2D eigenvalue weighted by Gasteiger charge is -2.40. The second-order valence-corrected chi connectivity index (χ2v) is 4.70. The van der Waals surface area contributed by atoms with Gasteiger partial charge in [0.1, 0.15) is 0 Å². The van der Waals surface area contributed by atoms with Gasteiger partial charge in [-0.2, -0.15) is 0 Å². The van der Waals surface area contributed by atoms with Crippen molar-refractivity contribution in [1.82, 2.24) is 10.2 Å². The van der Waals surface area contributed by atoms with Crippen molar-refractivity contribution in [2.45, 2.75) is 19.4 Å². The van der Waals surface area contributed by atoms with Crippen LogP contribution in [0.25, 0.3) is 0 Å². The molecule has 3 rings (SSSR count). The van der Waals surface area contributed by atoms with Crippen molar-refractivity contribution in [3.05, 3.63) is 0 Å². The Hall–Kier alpha value is -0.0800. The van der Waals surface area contributed by atoms with Crippen LogP contribution in [0.2, 0.25) is 0 Å². The first-order valence-electron chi connectivity index (χ1n) is 5.35. The summed E-state index contributed by atoms with van der Waals surface area (Å²) in [6.45, 7) is 7.70. The SMILES string of the molecule is CCC1CN(C2C3CNCC32)C1. The Morgan fingerprint density at radius 1 is 1.25 bits per heavy atom. The highest BCUT2D eigenvalue weighted by Crippen LogP contribution is 2.48. The van der Waals surface area contributed by atoms with Gasteiger partial charge in [0.05, 0.1) is 0 Å². The molecule has 3 fully saturated rings. The second kappa shape index (κ2) is 2.46. The van der Waals surface area contributed by atoms with Crippen LogP contribution in [-0.2, 0) is 0 Å². The molecule has 1 saturated carbocycles. The number of fused-ring (bicyclic) bond motifs is 1. The standard InChI is InChI=1S/C10H18N2/c1-2-7-5-12(6-7)10-8-3-11-4-9(8)10/h7-11H,2-6H2,1H3. The topological polar surface area (TPSA) is 15.3 Å². The fourth-order valence-corrected chi connectivity index (χ4v) is 3.04. The normalized spacial score (nSPS) is 47.2. The Labute approximate surface area is 74.3 Å². The summed E-state index contributed by atoms with van der Waals surface area (Å²) in [6, 6.07) is 0.994. The van der Waals surface area contributed by atoms with Crippen molar-refractivity contribution in [2.75, 3.05) is 26.2 Å². The molecule has 12 heavy (non-hydrogen) atoms. The highest BCUT2D eigenvalue weighted by atomic mass is 15.3. The summed E-state index contributed by atoms with van der Waals surface area (Å²) >= 11 is 0. The summed E-state index contributed by atoms with van der Waals surface area (Å²) in [4.78, 5) is 2.71. The van der Waals surface area contributed by atoms with Gasteiger partial charge in [-0.15, -0.1) is 0 Å². The minimum Gasteiger partial charge on any atom is -0.316 e. The fraction of sp³-hybridized carbons (Fsp3) is 1.00. The summed E-state index contributed by atoms with van der Waals surface area (Å²) in [7, 11) is 0. The molecule has 68 valence electrons. The van der Waals surface area contributed by atoms with E-state index >= 15 is 0 Å². The van der Waals surface area contributed by atoms with E-state index in [1.807, 2.05) is 0 Å². The van der Waals surface area contributed by atoms with Gasteiger partial charge in [-0.3, -0.25) is 4.90 Å². The monoisotopic (exact) mass is 166 g/mol. The van der Waals surface area contributed by atoms with Crippen LogP contribution >= 0.6 is 0 Å². The zero-order valence-electron chi connectivity index (χ0n) is 7.79. The van der Waals surface area contributed by atoms with Crippen molar-refractivity contribution in [3.63, 3.8) is 0 Å². The maximum Gasteiger partial charge on any atom is 0.0184 e. The van der Waals surface area contributed by atoms with E-state index in [0.717, 1.165) is 23.8 Å². The van der Waals surface area contributed by atoms with Crippen LogP contribution in [0.15, 0.2) is 0 Å². The maximum atomic E-state index is 3.45. The van der Waals surface area contributed by atoms with Crippen molar-refractivity contribution >= 4 is 0 Å². The number of likely N-dealkylation sites (tertiary alicyclic amines) is 1. The highest BCUT2D eigenvalue weighted by molar-refractivity contribution is 5.12. The molecule has 2 saturated heterocycles. The molecule has 2 aliphatic heterocycles. The number of hydrogen-bond donors (Lipinski definition) is 1. The fourth-order valence-electron chi connectivity index (χ4n) is 3.04. The van der Waals surface area contributed by atoms with Gasteiger partial charge in [0, 0.05) is 19.1 Å². The minimum absolute atomic E-state index is 0.994. The summed E-state index contributed by atoms with van der Waals surface area (Å²) in [5.41, 5.74) is 0. The van der Waals surface area contributed by atoms with E-state index in [1.165, 1.54) is 32.6 Å². The van der Waals surface area contributed by atoms with Crippen molar-refractivity contribution in [2.24, 2.45) is 17.8 Å². The van der Waals surface area contributed by atoms with Crippen LogP contribution < -0.4 is 5.32 Å². The molecule has 2 atom stereocenters. The molecule has 1 aliphatic carbocycles. The Balaban J connectivity index is 1.52. The molecular formula is C10H18N2. The highest BCUT2D eigenvalue weighted by Gasteiger charge is 2.57. The molecule has 2 heteroatoms. The summed E-state index contributed by atoms with van der Waals surface area (Å²) in [6.07, 6.45) is 1.39. The van der Waals surface area contributed by atoms with E-state index in [0.29, 0.717) is 0 Å². The zero-order chi connectivity index (χ0) is 8.13. The van der Waals surface area contributed by atoms with Gasteiger partial charge in [-0.1, -0.05) is 13.3 Å². The molecule has 0 radical (unpaired) electrons. The van der Waals surface area contributed by atoms with E-state index in [2.05, 4.69) is 17.1 Å². The van der Waals surface area contributed by atoms with Gasteiger partial charge in [0.25, 0.3) is 0 Å². The lowest BCUT2D eigenvalue weighted by atomic mass is 9.97. The predicted octanol–water partition coefficient (Wildman–Crippen LogP) is 0.546. The van der Waals surface area contributed by atoms with E-state index in [1.54, 1.807) is 0 Å². The third kappa shape index (κ3) is 0.882. The average molecular weight is 166 g/mol. The average Bonchev–Trinajstić information content (AvgIpc) is 2.49. The molecule has 0 spiro atoms. The Kier molecular flexibility index (Phi) is 1.50. The van der Waals surface area contributed by atoms with E-state index in [4.69, 9.17) is 0 Å².